The summed E-state index contributed by atoms with van der Waals surface area (Å²) in [5, 5.41) is 12.5. The second-order valence-electron chi connectivity index (χ2n) is 2.64. The molecule has 6 nitrogen and oxygen atoms in total. The smallest absolute Gasteiger partial charge is 0.377 e. The molecular weight excluding hydrogens is 202 g/mol. The van der Waals surface area contributed by atoms with Gasteiger partial charge in [-0.2, -0.15) is 0 Å². The first-order valence-electron chi connectivity index (χ1n) is 4.15. The number of methoxy groups -OCH3 is 1. The Bertz CT molecular complexity index is 346. The quantitative estimate of drug-likeness (QED) is 0.562. The average Bonchev–Trinajstić information content (AvgIpc) is 2.73. The highest BCUT2D eigenvalue weighted by atomic mass is 16.6. The van der Waals surface area contributed by atoms with Gasteiger partial charge in [-0.05, 0) is 5.16 Å². The predicted octanol–water partition coefficient (Wildman–Crippen LogP) is 0.387. The number of carbonyl (C=O) groups excluding carboxylic acids is 1. The molecule has 0 bridgehead atoms. The number of nitrogens with zero attached hydrogens (tertiary/aromatic N) is 1. The molecule has 0 amide bonds. The Kier molecular flexibility index (Phi) is 3.87. The lowest BCUT2D eigenvalue weighted by Gasteiger charge is -2.03. The Labute approximate surface area is 86.1 Å². The summed E-state index contributed by atoms with van der Waals surface area (Å²) in [4.78, 5) is 10.9. The van der Waals surface area contributed by atoms with Gasteiger partial charge in [-0.25, -0.2) is 4.79 Å². The Morgan fingerprint density at radius 2 is 2.60 bits per heavy atom. The molecule has 1 aromatic heterocycles. The largest absolute Gasteiger partial charge is 0.472 e. The van der Waals surface area contributed by atoms with E-state index in [-0.39, 0.29) is 18.2 Å². The third-order valence-electron chi connectivity index (χ3n) is 1.55. The molecule has 15 heavy (non-hydrogen) atoms. The van der Waals surface area contributed by atoms with Gasteiger partial charge in [0, 0.05) is 0 Å². The fourth-order valence-corrected chi connectivity index (χ4v) is 0.763. The van der Waals surface area contributed by atoms with Crippen LogP contribution in [0.2, 0.25) is 0 Å². The number of esters is 1. The van der Waals surface area contributed by atoms with Crippen LogP contribution in [0.1, 0.15) is 10.6 Å². The second kappa shape index (κ2) is 5.16. The molecule has 0 aliphatic rings. The van der Waals surface area contributed by atoms with Crippen molar-refractivity contribution in [1.82, 2.24) is 5.16 Å². The highest BCUT2D eigenvalue weighted by molar-refractivity contribution is 5.86. The molecule has 1 unspecified atom stereocenters. The molecule has 6 heteroatoms. The van der Waals surface area contributed by atoms with Crippen LogP contribution in [-0.4, -0.2) is 36.1 Å². The van der Waals surface area contributed by atoms with Gasteiger partial charge < -0.3 is 19.1 Å². The van der Waals surface area contributed by atoms with Crippen molar-refractivity contribution < 1.29 is 23.9 Å². The molecule has 0 spiro atoms. The summed E-state index contributed by atoms with van der Waals surface area (Å²) in [6.07, 6.45) is 0.532. The molecule has 0 aliphatic heterocycles. The summed E-state index contributed by atoms with van der Waals surface area (Å²) in [5.41, 5.74) is 0. The SMILES string of the molecule is C=CC(O)COc1cc(C(=O)OC)on1. The molecule has 82 valence electrons. The van der Waals surface area contributed by atoms with Crippen molar-refractivity contribution in [3.05, 3.63) is 24.5 Å². The summed E-state index contributed by atoms with van der Waals surface area (Å²) < 4.78 is 14.0. The van der Waals surface area contributed by atoms with Crippen molar-refractivity contribution >= 4 is 5.97 Å². The fourth-order valence-electron chi connectivity index (χ4n) is 0.763. The van der Waals surface area contributed by atoms with Crippen molar-refractivity contribution in [3.63, 3.8) is 0 Å². The van der Waals surface area contributed by atoms with Crippen LogP contribution in [-0.2, 0) is 4.74 Å². The van der Waals surface area contributed by atoms with Crippen LogP contribution >= 0.6 is 0 Å². The zero-order valence-corrected chi connectivity index (χ0v) is 8.17. The van der Waals surface area contributed by atoms with Gasteiger partial charge in [-0.15, -0.1) is 6.58 Å². The van der Waals surface area contributed by atoms with E-state index in [0.29, 0.717) is 0 Å². The number of carbonyl (C=O) groups is 1. The van der Waals surface area contributed by atoms with Crippen LogP contribution in [0, 0.1) is 0 Å². The third-order valence-corrected chi connectivity index (χ3v) is 1.55. The number of aliphatic hydroxyl groups is 1. The molecule has 0 saturated carbocycles. The summed E-state index contributed by atoms with van der Waals surface area (Å²) >= 11 is 0. The molecular formula is C9H11NO5. The van der Waals surface area contributed by atoms with Crippen molar-refractivity contribution in [3.8, 4) is 5.88 Å². The van der Waals surface area contributed by atoms with Gasteiger partial charge in [-0.1, -0.05) is 6.08 Å². The third kappa shape index (κ3) is 3.10. The normalized spacial score (nSPS) is 11.9. The Morgan fingerprint density at radius 1 is 1.87 bits per heavy atom. The maximum Gasteiger partial charge on any atom is 0.377 e. The zero-order valence-electron chi connectivity index (χ0n) is 8.17. The highest BCUT2D eigenvalue weighted by Gasteiger charge is 2.14. The average molecular weight is 213 g/mol. The van der Waals surface area contributed by atoms with E-state index in [0.717, 1.165) is 0 Å². The minimum atomic E-state index is -0.789. The number of hydrogen-bond acceptors (Lipinski definition) is 6. The first-order valence-corrected chi connectivity index (χ1v) is 4.15. The maximum atomic E-state index is 10.9. The van der Waals surface area contributed by atoms with Gasteiger partial charge in [0.15, 0.2) is 0 Å². The highest BCUT2D eigenvalue weighted by Crippen LogP contribution is 2.12. The van der Waals surface area contributed by atoms with Crippen LogP contribution in [0.4, 0.5) is 0 Å². The molecule has 1 aromatic rings. The summed E-state index contributed by atoms with van der Waals surface area (Å²) in [5.74, 6) is -0.585. The molecule has 0 saturated heterocycles. The van der Waals surface area contributed by atoms with E-state index in [1.54, 1.807) is 0 Å². The van der Waals surface area contributed by atoms with Gasteiger partial charge in [0.1, 0.15) is 12.7 Å². The van der Waals surface area contributed by atoms with Crippen LogP contribution in [0.15, 0.2) is 23.2 Å². The summed E-state index contributed by atoms with van der Waals surface area (Å²) in [7, 11) is 1.23. The number of rotatable bonds is 5. The lowest BCUT2D eigenvalue weighted by Crippen LogP contribution is -2.14. The van der Waals surface area contributed by atoms with E-state index < -0.39 is 12.1 Å². The van der Waals surface area contributed by atoms with Crippen molar-refractivity contribution in [2.24, 2.45) is 0 Å². The Morgan fingerprint density at radius 3 is 3.20 bits per heavy atom. The van der Waals surface area contributed by atoms with E-state index in [9.17, 15) is 4.79 Å². The summed E-state index contributed by atoms with van der Waals surface area (Å²) in [6, 6.07) is 1.28. The molecule has 0 aromatic carbocycles. The van der Waals surface area contributed by atoms with Crippen LogP contribution in [0.5, 0.6) is 5.88 Å². The molecule has 0 aliphatic carbocycles. The minimum absolute atomic E-state index is 0.00333. The maximum absolute atomic E-state index is 10.9. The van der Waals surface area contributed by atoms with Crippen molar-refractivity contribution in [2.75, 3.05) is 13.7 Å². The molecule has 1 atom stereocenters. The van der Waals surface area contributed by atoms with Gasteiger partial charge in [0.2, 0.25) is 5.76 Å². The van der Waals surface area contributed by atoms with Crippen molar-refractivity contribution in [1.29, 1.82) is 0 Å². The molecule has 1 heterocycles. The van der Waals surface area contributed by atoms with Gasteiger partial charge >= 0.3 is 5.97 Å². The van der Waals surface area contributed by atoms with Gasteiger partial charge in [0.25, 0.3) is 5.88 Å². The van der Waals surface area contributed by atoms with E-state index in [4.69, 9.17) is 9.84 Å². The second-order valence-corrected chi connectivity index (χ2v) is 2.64. The fraction of sp³-hybridized carbons (Fsp3) is 0.333. The topological polar surface area (TPSA) is 81.8 Å². The lowest BCUT2D eigenvalue weighted by molar-refractivity contribution is 0.0554. The van der Waals surface area contributed by atoms with E-state index in [2.05, 4.69) is 21.0 Å². The monoisotopic (exact) mass is 213 g/mol. The van der Waals surface area contributed by atoms with Crippen LogP contribution < -0.4 is 4.74 Å². The van der Waals surface area contributed by atoms with Crippen molar-refractivity contribution in [2.45, 2.75) is 6.10 Å². The molecule has 0 fully saturated rings. The van der Waals surface area contributed by atoms with Gasteiger partial charge in [0.05, 0.1) is 13.2 Å². The molecule has 1 N–H and O–H groups in total. The van der Waals surface area contributed by atoms with Crippen LogP contribution in [0.25, 0.3) is 0 Å². The first-order chi connectivity index (χ1) is 7.17. The van der Waals surface area contributed by atoms with E-state index in [1.807, 2.05) is 0 Å². The number of aromatic nitrogens is 1. The number of hydrogen-bond donors (Lipinski definition) is 1. The van der Waals surface area contributed by atoms with Crippen LogP contribution in [0.3, 0.4) is 0 Å². The predicted molar refractivity (Wildman–Crippen MR) is 49.5 cm³/mol. The Hall–Kier alpha value is -1.82. The number of aliphatic hydroxyl groups excluding tert-OH is 1. The zero-order chi connectivity index (χ0) is 11.3. The van der Waals surface area contributed by atoms with Gasteiger partial charge in [-0.3, -0.25) is 0 Å². The molecule has 0 radical (unpaired) electrons. The standard InChI is InChI=1S/C9H11NO5/c1-3-6(11)5-14-8-4-7(15-10-8)9(12)13-2/h3-4,6,11H,1,5H2,2H3. The Balaban J connectivity index is 2.53. The lowest BCUT2D eigenvalue weighted by atomic mass is 10.4. The molecule has 1 rings (SSSR count). The summed E-state index contributed by atoms with van der Waals surface area (Å²) in [6.45, 7) is 3.37. The van der Waals surface area contributed by atoms with E-state index >= 15 is 0 Å². The van der Waals surface area contributed by atoms with E-state index in [1.165, 1.54) is 19.3 Å². The minimum Gasteiger partial charge on any atom is -0.472 e. The number of ether oxygens (including phenoxy) is 2. The first kappa shape index (κ1) is 11.3.